The summed E-state index contributed by atoms with van der Waals surface area (Å²) < 4.78 is 0. The minimum Gasteiger partial charge on any atom is -0.369 e. The highest BCUT2D eigenvalue weighted by molar-refractivity contribution is 7.28. The molecule has 3 aromatic rings. The molecule has 0 aliphatic rings. The average Bonchev–Trinajstić information content (AvgIpc) is 2.58. The van der Waals surface area contributed by atoms with E-state index in [9.17, 15) is 4.79 Å². The molecule has 2 unspecified atom stereocenters. The maximum absolute atomic E-state index is 12.2. The second-order valence-corrected chi connectivity index (χ2v) is 6.94. The number of carbonyl (C=O) groups excluding carboxylic acids is 1. The van der Waals surface area contributed by atoms with Gasteiger partial charge in [-0.3, -0.25) is 9.78 Å². The van der Waals surface area contributed by atoms with Gasteiger partial charge in [0.25, 0.3) is 0 Å². The highest BCUT2D eigenvalue weighted by Gasteiger charge is 2.26. The smallest absolute Gasteiger partial charge is 0.231 e. The molecule has 126 valence electrons. The quantitative estimate of drug-likeness (QED) is 0.681. The van der Waals surface area contributed by atoms with E-state index in [0.717, 1.165) is 16.6 Å². The Balaban J connectivity index is 2.15. The molecule has 0 aliphatic carbocycles. The van der Waals surface area contributed by atoms with E-state index in [0.29, 0.717) is 21.3 Å². The van der Waals surface area contributed by atoms with Crippen LogP contribution in [-0.4, -0.2) is 10.9 Å². The Morgan fingerprint density at radius 3 is 2.24 bits per heavy atom. The lowest BCUT2D eigenvalue weighted by Crippen LogP contribution is -2.24. The summed E-state index contributed by atoms with van der Waals surface area (Å²) in [6, 6.07) is 18.4. The van der Waals surface area contributed by atoms with Crippen molar-refractivity contribution in [2.45, 2.75) is 5.92 Å². The largest absolute Gasteiger partial charge is 0.369 e. The lowest BCUT2D eigenvalue weighted by molar-refractivity contribution is -0.118. The van der Waals surface area contributed by atoms with Gasteiger partial charge in [-0.1, -0.05) is 59.6 Å². The number of amides is 1. The summed E-state index contributed by atoms with van der Waals surface area (Å²) in [6.07, 6.45) is 0. The van der Waals surface area contributed by atoms with E-state index < -0.39 is 11.8 Å². The predicted molar refractivity (Wildman–Crippen MR) is 107 cm³/mol. The van der Waals surface area contributed by atoms with Gasteiger partial charge in [-0.15, -0.1) is 9.24 Å². The Morgan fingerprint density at radius 1 is 0.960 bits per heavy atom. The normalized spacial score (nSPS) is 12.0. The summed E-state index contributed by atoms with van der Waals surface area (Å²) in [7, 11) is 2.68. The van der Waals surface area contributed by atoms with Crippen LogP contribution in [0.4, 0.5) is 0 Å². The van der Waals surface area contributed by atoms with Crippen molar-refractivity contribution in [3.63, 3.8) is 0 Å². The van der Waals surface area contributed by atoms with Crippen LogP contribution < -0.4 is 11.0 Å². The molecule has 0 saturated heterocycles. The van der Waals surface area contributed by atoms with Gasteiger partial charge in [0, 0.05) is 21.2 Å². The Hall–Kier alpha value is -1.93. The molecule has 6 heteroatoms. The van der Waals surface area contributed by atoms with Crippen LogP contribution in [0.2, 0.25) is 10.0 Å². The maximum Gasteiger partial charge on any atom is 0.231 e. The zero-order chi connectivity index (χ0) is 18.0. The Bertz CT molecular complexity index is 926. The van der Waals surface area contributed by atoms with E-state index in [-0.39, 0.29) is 0 Å². The number of pyridine rings is 1. The summed E-state index contributed by atoms with van der Waals surface area (Å²) in [5, 5.41) is 1.78. The zero-order valence-electron chi connectivity index (χ0n) is 13.1. The first-order valence-corrected chi connectivity index (χ1v) is 8.87. The molecule has 25 heavy (non-hydrogen) atoms. The number of nitrogens with zero attached hydrogens (tertiary/aromatic N) is 1. The van der Waals surface area contributed by atoms with E-state index in [1.807, 2.05) is 36.4 Å². The number of halogens is 2. The number of primary amides is 1. The molecule has 1 heterocycles. The fraction of sp³-hybridized carbons (Fsp3) is 0.0526. The van der Waals surface area contributed by atoms with Crippen molar-refractivity contribution < 1.29 is 4.79 Å². The van der Waals surface area contributed by atoms with Gasteiger partial charge >= 0.3 is 0 Å². The molecule has 0 fully saturated rings. The van der Waals surface area contributed by atoms with Crippen molar-refractivity contribution >= 4 is 43.7 Å². The molecule has 3 rings (SSSR count). The minimum atomic E-state index is -0.821. The van der Waals surface area contributed by atoms with E-state index in [4.69, 9.17) is 28.9 Å². The second kappa shape index (κ2) is 7.53. The lowest BCUT2D eigenvalue weighted by Gasteiger charge is -2.17. The highest BCUT2D eigenvalue weighted by atomic mass is 35.5. The number of hydrogen-bond donors (Lipinski definition) is 1. The van der Waals surface area contributed by atoms with Gasteiger partial charge in [0.15, 0.2) is 0 Å². The Kier molecular flexibility index (Phi) is 5.39. The van der Waals surface area contributed by atoms with Crippen LogP contribution in [0.25, 0.3) is 11.3 Å². The Labute approximate surface area is 158 Å². The molecule has 3 nitrogen and oxygen atoms in total. The third-order valence-electron chi connectivity index (χ3n) is 3.88. The molecule has 2 aromatic carbocycles. The fourth-order valence-electron chi connectivity index (χ4n) is 2.71. The second-order valence-electron chi connectivity index (χ2n) is 5.51. The monoisotopic (exact) mass is 388 g/mol. The van der Waals surface area contributed by atoms with Crippen molar-refractivity contribution in [2.75, 3.05) is 0 Å². The van der Waals surface area contributed by atoms with Gasteiger partial charge in [-0.25, -0.2) is 0 Å². The predicted octanol–water partition coefficient (Wildman–Crippen LogP) is 4.17. The maximum atomic E-state index is 12.2. The molecule has 0 aliphatic heterocycles. The van der Waals surface area contributed by atoms with Gasteiger partial charge in [-0.2, -0.15) is 0 Å². The summed E-state index contributed by atoms with van der Waals surface area (Å²) in [4.78, 5) is 16.8. The third-order valence-corrected chi connectivity index (χ3v) is 5.04. The van der Waals surface area contributed by atoms with Crippen molar-refractivity contribution in [2.24, 2.45) is 5.73 Å². The topological polar surface area (TPSA) is 56.0 Å². The third kappa shape index (κ3) is 3.69. The van der Waals surface area contributed by atoms with Crippen LogP contribution in [0.1, 0.15) is 17.2 Å². The number of rotatable bonds is 4. The number of nitrogens with two attached hydrogens (primary N) is 1. The zero-order valence-corrected chi connectivity index (χ0v) is 15.8. The molecular weight excluding hydrogens is 374 g/mol. The minimum absolute atomic E-state index is 0.384. The van der Waals surface area contributed by atoms with Crippen LogP contribution in [0.3, 0.4) is 0 Å². The SMILES string of the molecule is NC(=O)C(c1cccc(-c2ccccc2P)n1)c1c(Cl)cccc1Cl. The van der Waals surface area contributed by atoms with Crippen molar-refractivity contribution in [1.29, 1.82) is 0 Å². The Morgan fingerprint density at radius 2 is 1.60 bits per heavy atom. The molecule has 1 amide bonds. The van der Waals surface area contributed by atoms with Crippen LogP contribution >= 0.6 is 32.4 Å². The first-order valence-electron chi connectivity index (χ1n) is 7.54. The summed E-state index contributed by atoms with van der Waals surface area (Å²) in [5.41, 5.74) is 8.35. The van der Waals surface area contributed by atoms with Gasteiger partial charge in [-0.05, 0) is 29.6 Å². The highest BCUT2D eigenvalue weighted by Crippen LogP contribution is 2.35. The number of carbonyl (C=O) groups is 1. The lowest BCUT2D eigenvalue weighted by atomic mass is 9.93. The van der Waals surface area contributed by atoms with Crippen molar-refractivity contribution in [1.82, 2.24) is 4.98 Å². The first-order chi connectivity index (χ1) is 12.0. The van der Waals surface area contributed by atoms with Gasteiger partial charge in [0.1, 0.15) is 5.92 Å². The van der Waals surface area contributed by atoms with E-state index >= 15 is 0 Å². The van der Waals surface area contributed by atoms with Crippen LogP contribution in [0.5, 0.6) is 0 Å². The van der Waals surface area contributed by atoms with E-state index in [1.165, 1.54) is 0 Å². The summed E-state index contributed by atoms with van der Waals surface area (Å²) in [5.74, 6) is -1.38. The first kappa shape index (κ1) is 17.9. The number of hydrogen-bond acceptors (Lipinski definition) is 2. The average molecular weight is 389 g/mol. The number of benzene rings is 2. The van der Waals surface area contributed by atoms with Crippen LogP contribution in [0, 0.1) is 0 Å². The standard InChI is InChI=1S/C19H15Cl2N2OP/c20-12-6-3-7-13(21)17(12)18(19(22)24)15-9-4-8-14(23-15)11-5-1-2-10-16(11)25/h1-10,18H,25H2,(H2,22,24). The fourth-order valence-corrected chi connectivity index (χ4v) is 3.69. The van der Waals surface area contributed by atoms with Gasteiger partial charge in [0.05, 0.1) is 11.4 Å². The molecule has 2 N–H and O–H groups in total. The van der Waals surface area contributed by atoms with Crippen molar-refractivity contribution in [3.05, 3.63) is 82.0 Å². The molecule has 0 bridgehead atoms. The van der Waals surface area contributed by atoms with E-state index in [2.05, 4.69) is 14.2 Å². The van der Waals surface area contributed by atoms with Crippen molar-refractivity contribution in [3.8, 4) is 11.3 Å². The molecule has 0 saturated carbocycles. The van der Waals surface area contributed by atoms with Crippen LogP contribution in [-0.2, 0) is 4.79 Å². The molecule has 0 radical (unpaired) electrons. The van der Waals surface area contributed by atoms with Crippen LogP contribution in [0.15, 0.2) is 60.7 Å². The van der Waals surface area contributed by atoms with Gasteiger partial charge < -0.3 is 5.73 Å². The molecule has 2 atom stereocenters. The summed E-state index contributed by atoms with van der Waals surface area (Å²) >= 11 is 12.6. The van der Waals surface area contributed by atoms with Gasteiger partial charge in [0.2, 0.25) is 5.91 Å². The molecule has 0 spiro atoms. The molecular formula is C19H15Cl2N2OP. The van der Waals surface area contributed by atoms with E-state index in [1.54, 1.807) is 24.3 Å². The molecule has 1 aromatic heterocycles. The number of aromatic nitrogens is 1. The summed E-state index contributed by atoms with van der Waals surface area (Å²) in [6.45, 7) is 0.